The predicted molar refractivity (Wildman–Crippen MR) is 101 cm³/mol. The van der Waals surface area contributed by atoms with Crippen LogP contribution >= 0.6 is 0 Å². The molecular weight excluding hydrogens is 294 g/mol. The average molecular weight is 320 g/mol. The van der Waals surface area contributed by atoms with Crippen molar-refractivity contribution in [3.63, 3.8) is 0 Å². The number of piperazine rings is 1. The minimum atomic E-state index is 1.03. The lowest BCUT2D eigenvalue weighted by Crippen LogP contribution is -3.13. The Morgan fingerprint density at radius 2 is 1.62 bits per heavy atom. The zero-order valence-corrected chi connectivity index (χ0v) is 14.4. The average Bonchev–Trinajstić information content (AvgIpc) is 2.63. The molecule has 0 aromatic heterocycles. The first-order valence-electron chi connectivity index (χ1n) is 8.69. The van der Waals surface area contributed by atoms with Crippen LogP contribution in [0.4, 0.5) is 0 Å². The van der Waals surface area contributed by atoms with E-state index in [-0.39, 0.29) is 0 Å². The summed E-state index contributed by atoms with van der Waals surface area (Å²) in [6.07, 6.45) is 4.15. The fourth-order valence-corrected chi connectivity index (χ4v) is 3.01. The molecule has 124 valence electrons. The minimum absolute atomic E-state index is 1.03. The van der Waals surface area contributed by atoms with Crippen molar-refractivity contribution in [1.29, 1.82) is 0 Å². The summed E-state index contributed by atoms with van der Waals surface area (Å²) in [4.78, 5) is 1.64. The molecule has 1 heterocycles. The highest BCUT2D eigenvalue weighted by atomic mass is 15.5. The topological polar surface area (TPSA) is 20.0 Å². The van der Waals surface area contributed by atoms with Crippen LogP contribution in [0.5, 0.6) is 0 Å². The summed E-state index contributed by atoms with van der Waals surface area (Å²) in [5.41, 5.74) is 3.82. The first-order valence-corrected chi connectivity index (χ1v) is 8.69. The highest BCUT2D eigenvalue weighted by Crippen LogP contribution is 2.05. The van der Waals surface area contributed by atoms with Crippen LogP contribution in [0.2, 0.25) is 0 Å². The number of benzene rings is 2. The van der Waals surface area contributed by atoms with E-state index in [1.807, 2.05) is 12.3 Å². The zero-order valence-electron chi connectivity index (χ0n) is 14.4. The maximum absolute atomic E-state index is 4.65. The van der Waals surface area contributed by atoms with E-state index in [1.165, 1.54) is 16.7 Å². The van der Waals surface area contributed by atoms with E-state index in [0.717, 1.165) is 32.7 Å². The van der Waals surface area contributed by atoms with Crippen molar-refractivity contribution in [1.82, 2.24) is 5.01 Å². The lowest BCUT2D eigenvalue weighted by molar-refractivity contribution is -0.918. The fraction of sp³-hybridized carbons (Fsp3) is 0.286. The molecule has 3 heteroatoms. The number of hydrogen-bond donors (Lipinski definition) is 1. The Bertz CT molecular complexity index is 669. The zero-order chi connectivity index (χ0) is 16.6. The van der Waals surface area contributed by atoms with E-state index in [9.17, 15) is 0 Å². The normalized spacial score (nSPS) is 16.7. The summed E-state index contributed by atoms with van der Waals surface area (Å²) in [7, 11) is 0. The smallest absolute Gasteiger partial charge is 0.103 e. The van der Waals surface area contributed by atoms with Crippen LogP contribution < -0.4 is 4.90 Å². The van der Waals surface area contributed by atoms with Gasteiger partial charge in [-0.25, -0.2) is 0 Å². The van der Waals surface area contributed by atoms with Gasteiger partial charge in [-0.1, -0.05) is 66.7 Å². The Labute approximate surface area is 144 Å². The van der Waals surface area contributed by atoms with Gasteiger partial charge < -0.3 is 4.90 Å². The first kappa shape index (κ1) is 16.5. The van der Waals surface area contributed by atoms with Gasteiger partial charge in [0.1, 0.15) is 6.54 Å². The van der Waals surface area contributed by atoms with Crippen molar-refractivity contribution in [2.45, 2.75) is 13.5 Å². The van der Waals surface area contributed by atoms with Crippen LogP contribution in [-0.2, 0) is 6.54 Å². The van der Waals surface area contributed by atoms with Crippen molar-refractivity contribution < 1.29 is 4.90 Å². The number of nitrogens with one attached hydrogen (secondary N) is 1. The molecule has 1 N–H and O–H groups in total. The standard InChI is InChI=1S/C21H25N3/c1-19(16-20-8-4-2-5-9-20)17-22-24-14-12-23(13-15-24)18-21-10-6-3-7-11-21/h2-11,16-17H,12-15,18H2,1H3/p+1/b19-16-,22-17?. The molecule has 1 aliphatic rings. The van der Waals surface area contributed by atoms with Crippen molar-refractivity contribution in [2.75, 3.05) is 26.2 Å². The van der Waals surface area contributed by atoms with E-state index in [1.54, 1.807) is 4.90 Å². The molecule has 0 unspecified atom stereocenters. The van der Waals surface area contributed by atoms with Gasteiger partial charge in [-0.2, -0.15) is 5.10 Å². The monoisotopic (exact) mass is 320 g/mol. The Morgan fingerprint density at radius 3 is 2.29 bits per heavy atom. The van der Waals surface area contributed by atoms with Gasteiger partial charge in [-0.3, -0.25) is 5.01 Å². The molecule has 0 aliphatic carbocycles. The Hall–Kier alpha value is -2.39. The number of allylic oxidation sites excluding steroid dienone is 1. The number of quaternary nitrogens is 1. The molecule has 0 amide bonds. The molecule has 0 bridgehead atoms. The molecule has 1 saturated heterocycles. The summed E-state index contributed by atoms with van der Waals surface area (Å²) in [6.45, 7) is 7.56. The number of nitrogens with zero attached hydrogens (tertiary/aromatic N) is 2. The molecule has 3 nitrogen and oxygen atoms in total. The molecule has 1 aliphatic heterocycles. The summed E-state index contributed by atoms with van der Waals surface area (Å²) >= 11 is 0. The Kier molecular flexibility index (Phi) is 5.80. The van der Waals surface area contributed by atoms with Crippen LogP contribution in [0, 0.1) is 0 Å². The van der Waals surface area contributed by atoms with E-state index in [4.69, 9.17) is 0 Å². The molecular formula is C21H26N3+. The summed E-state index contributed by atoms with van der Waals surface area (Å²) in [6, 6.07) is 21.1. The number of rotatable bonds is 5. The van der Waals surface area contributed by atoms with Crippen LogP contribution in [0.3, 0.4) is 0 Å². The maximum atomic E-state index is 4.65. The van der Waals surface area contributed by atoms with Crippen LogP contribution in [-0.4, -0.2) is 37.4 Å². The van der Waals surface area contributed by atoms with Gasteiger partial charge in [-0.15, -0.1) is 0 Å². The van der Waals surface area contributed by atoms with Crippen molar-refractivity contribution in [3.8, 4) is 0 Å². The lowest BCUT2D eigenvalue weighted by Gasteiger charge is -2.30. The van der Waals surface area contributed by atoms with Gasteiger partial charge in [0.15, 0.2) is 0 Å². The molecule has 0 atom stereocenters. The second-order valence-corrected chi connectivity index (χ2v) is 6.41. The van der Waals surface area contributed by atoms with E-state index >= 15 is 0 Å². The molecule has 2 aromatic carbocycles. The van der Waals surface area contributed by atoms with Crippen molar-refractivity contribution in [3.05, 3.63) is 77.4 Å². The number of hydrazone groups is 1. The molecule has 1 fully saturated rings. The van der Waals surface area contributed by atoms with Gasteiger partial charge in [-0.05, 0) is 18.1 Å². The van der Waals surface area contributed by atoms with Crippen LogP contribution in [0.1, 0.15) is 18.1 Å². The van der Waals surface area contributed by atoms with Crippen molar-refractivity contribution in [2.24, 2.45) is 5.10 Å². The van der Waals surface area contributed by atoms with E-state index < -0.39 is 0 Å². The summed E-state index contributed by atoms with van der Waals surface area (Å²) < 4.78 is 0. The molecule has 24 heavy (non-hydrogen) atoms. The fourth-order valence-electron chi connectivity index (χ4n) is 3.01. The Balaban J connectivity index is 1.47. The minimum Gasteiger partial charge on any atom is -0.328 e. The summed E-state index contributed by atoms with van der Waals surface area (Å²) in [5, 5.41) is 6.84. The first-order chi connectivity index (χ1) is 11.8. The third-order valence-corrected chi connectivity index (χ3v) is 4.36. The quantitative estimate of drug-likeness (QED) is 0.839. The van der Waals surface area contributed by atoms with E-state index in [2.05, 4.69) is 77.7 Å². The van der Waals surface area contributed by atoms with Gasteiger partial charge in [0.25, 0.3) is 0 Å². The number of hydrogen-bond acceptors (Lipinski definition) is 2. The molecule has 0 spiro atoms. The second-order valence-electron chi connectivity index (χ2n) is 6.41. The third-order valence-electron chi connectivity index (χ3n) is 4.36. The van der Waals surface area contributed by atoms with Gasteiger partial charge in [0.05, 0.1) is 26.2 Å². The van der Waals surface area contributed by atoms with E-state index in [0.29, 0.717) is 0 Å². The van der Waals surface area contributed by atoms with Crippen molar-refractivity contribution >= 4 is 12.3 Å². The highest BCUT2D eigenvalue weighted by molar-refractivity contribution is 5.84. The summed E-state index contributed by atoms with van der Waals surface area (Å²) in [5.74, 6) is 0. The Morgan fingerprint density at radius 1 is 1.00 bits per heavy atom. The lowest BCUT2D eigenvalue weighted by atomic mass is 10.1. The molecule has 2 aromatic rings. The molecule has 0 radical (unpaired) electrons. The maximum Gasteiger partial charge on any atom is 0.103 e. The third kappa shape index (κ3) is 5.07. The van der Waals surface area contributed by atoms with Gasteiger partial charge >= 0.3 is 0 Å². The highest BCUT2D eigenvalue weighted by Gasteiger charge is 2.18. The van der Waals surface area contributed by atoms with Crippen LogP contribution in [0.25, 0.3) is 6.08 Å². The van der Waals surface area contributed by atoms with Crippen LogP contribution in [0.15, 0.2) is 71.3 Å². The second kappa shape index (κ2) is 8.46. The van der Waals surface area contributed by atoms with Gasteiger partial charge in [0, 0.05) is 11.8 Å². The molecule has 0 saturated carbocycles. The predicted octanol–water partition coefficient (Wildman–Crippen LogP) is 2.48. The molecule has 3 rings (SSSR count). The largest absolute Gasteiger partial charge is 0.328 e. The van der Waals surface area contributed by atoms with Gasteiger partial charge in [0.2, 0.25) is 0 Å². The SMILES string of the molecule is C/C(C=NN1CC[NH+](Cc2ccccc2)CC1)=C/c1ccccc1.